The predicted molar refractivity (Wildman–Crippen MR) is 31.3 cm³/mol. The van der Waals surface area contributed by atoms with Crippen LogP contribution in [0.2, 0.25) is 0 Å². The van der Waals surface area contributed by atoms with E-state index >= 15 is 0 Å². The van der Waals surface area contributed by atoms with Gasteiger partial charge in [0.15, 0.2) is 0 Å². The highest BCUT2D eigenvalue weighted by atomic mass is 14.5. The maximum Gasteiger partial charge on any atom is -0.00320 e. The molecule has 2 heteroatoms. The van der Waals surface area contributed by atoms with Crippen LogP contribution in [0.5, 0.6) is 0 Å². The molecule has 0 bridgehead atoms. The first-order chi connectivity index (χ1) is 3.31. The van der Waals surface area contributed by atoms with Crippen LogP contribution in [0.3, 0.4) is 0 Å². The molecule has 0 unspecified atom stereocenters. The van der Waals surface area contributed by atoms with Gasteiger partial charge in [0.25, 0.3) is 0 Å². The molecule has 0 spiro atoms. The normalized spacial score (nSPS) is 13.0. The van der Waals surface area contributed by atoms with Crippen LogP contribution in [0.4, 0.5) is 0 Å². The third-order valence-electron chi connectivity index (χ3n) is 0.622. The Balaban J connectivity index is 3.58. The molecule has 0 aliphatic heterocycles. The van der Waals surface area contributed by atoms with E-state index in [1.54, 1.807) is 6.08 Å². The Bertz CT molecular complexity index is 92.3. The maximum absolute atomic E-state index is 5.09. The monoisotopic (exact) mass is 98.1 g/mol. The molecule has 0 aromatic heterocycles. The van der Waals surface area contributed by atoms with Crippen molar-refractivity contribution in [2.75, 3.05) is 0 Å². The standard InChI is InChI=1S/C5H10N2/c1-5(4-7)2-3-6/h2-4H,6-7H2,1H3/b3-2-,5-4-. The molecule has 0 fully saturated rings. The quantitative estimate of drug-likeness (QED) is 0.464. The fraction of sp³-hybridized carbons (Fsp3) is 0.200. The summed E-state index contributed by atoms with van der Waals surface area (Å²) in [6.07, 6.45) is 4.70. The van der Waals surface area contributed by atoms with Gasteiger partial charge in [0.05, 0.1) is 0 Å². The van der Waals surface area contributed by atoms with Crippen LogP contribution >= 0.6 is 0 Å². The van der Waals surface area contributed by atoms with E-state index in [-0.39, 0.29) is 0 Å². The summed E-state index contributed by atoms with van der Waals surface area (Å²) in [5.41, 5.74) is 11.1. The van der Waals surface area contributed by atoms with Gasteiger partial charge in [-0.15, -0.1) is 0 Å². The van der Waals surface area contributed by atoms with Crippen molar-refractivity contribution in [3.8, 4) is 0 Å². The molecule has 2 nitrogen and oxygen atoms in total. The van der Waals surface area contributed by atoms with Crippen molar-refractivity contribution in [1.29, 1.82) is 0 Å². The topological polar surface area (TPSA) is 52.0 Å². The lowest BCUT2D eigenvalue weighted by atomic mass is 10.3. The highest BCUT2D eigenvalue weighted by molar-refractivity contribution is 5.12. The Labute approximate surface area is 43.5 Å². The van der Waals surface area contributed by atoms with Crippen molar-refractivity contribution in [2.45, 2.75) is 6.92 Å². The summed E-state index contributed by atoms with van der Waals surface area (Å²) in [4.78, 5) is 0. The fourth-order valence-electron chi connectivity index (χ4n) is 0.207. The molecule has 0 aliphatic carbocycles. The molecule has 0 aliphatic rings. The number of allylic oxidation sites excluding steroid dienone is 2. The lowest BCUT2D eigenvalue weighted by Crippen LogP contribution is -1.82. The lowest BCUT2D eigenvalue weighted by Gasteiger charge is -1.81. The number of nitrogens with two attached hydrogens (primary N) is 2. The summed E-state index contributed by atoms with van der Waals surface area (Å²) >= 11 is 0. The summed E-state index contributed by atoms with van der Waals surface area (Å²) in [6, 6.07) is 0. The molecule has 40 valence electrons. The summed E-state index contributed by atoms with van der Waals surface area (Å²) in [5.74, 6) is 0. The summed E-state index contributed by atoms with van der Waals surface area (Å²) in [7, 11) is 0. The molecule has 0 atom stereocenters. The van der Waals surface area contributed by atoms with Gasteiger partial charge in [-0.1, -0.05) is 0 Å². The minimum Gasteiger partial charge on any atom is -0.405 e. The van der Waals surface area contributed by atoms with Gasteiger partial charge in [-0.05, 0) is 31.0 Å². The molecule has 0 radical (unpaired) electrons. The van der Waals surface area contributed by atoms with Crippen LogP contribution in [0.15, 0.2) is 24.0 Å². The van der Waals surface area contributed by atoms with Crippen molar-refractivity contribution in [3.05, 3.63) is 24.0 Å². The molecule has 0 saturated carbocycles. The minimum absolute atomic E-state index is 0.975. The molecule has 0 aromatic rings. The Morgan fingerprint density at radius 3 is 2.14 bits per heavy atom. The van der Waals surface area contributed by atoms with Crippen LogP contribution in [-0.4, -0.2) is 0 Å². The second-order valence-electron chi connectivity index (χ2n) is 1.27. The van der Waals surface area contributed by atoms with Gasteiger partial charge >= 0.3 is 0 Å². The molecule has 0 heterocycles. The van der Waals surface area contributed by atoms with Gasteiger partial charge in [0, 0.05) is 0 Å². The van der Waals surface area contributed by atoms with Gasteiger partial charge in [-0.3, -0.25) is 0 Å². The molecule has 4 N–H and O–H groups in total. The van der Waals surface area contributed by atoms with E-state index in [2.05, 4.69) is 0 Å². The highest BCUT2D eigenvalue weighted by Crippen LogP contribution is 1.86. The van der Waals surface area contributed by atoms with E-state index < -0.39 is 0 Å². The molecule has 0 amide bonds. The van der Waals surface area contributed by atoms with Gasteiger partial charge in [0.1, 0.15) is 0 Å². The first-order valence-electron chi connectivity index (χ1n) is 2.08. The summed E-state index contributed by atoms with van der Waals surface area (Å²) in [6.45, 7) is 1.88. The highest BCUT2D eigenvalue weighted by Gasteiger charge is 1.70. The average molecular weight is 98.1 g/mol. The van der Waals surface area contributed by atoms with Crippen LogP contribution in [0.1, 0.15) is 6.92 Å². The molecular formula is C5H10N2. The van der Waals surface area contributed by atoms with E-state index in [9.17, 15) is 0 Å². The Morgan fingerprint density at radius 2 is 2.00 bits per heavy atom. The summed E-state index contributed by atoms with van der Waals surface area (Å²) < 4.78 is 0. The van der Waals surface area contributed by atoms with Crippen molar-refractivity contribution in [3.63, 3.8) is 0 Å². The van der Waals surface area contributed by atoms with Crippen molar-refractivity contribution >= 4 is 0 Å². The Hall–Kier alpha value is -0.920. The molecule has 0 aromatic carbocycles. The van der Waals surface area contributed by atoms with E-state index in [1.807, 2.05) is 6.92 Å². The van der Waals surface area contributed by atoms with Crippen LogP contribution in [-0.2, 0) is 0 Å². The third-order valence-corrected chi connectivity index (χ3v) is 0.622. The molecule has 0 saturated heterocycles. The van der Waals surface area contributed by atoms with Gasteiger partial charge < -0.3 is 11.5 Å². The van der Waals surface area contributed by atoms with E-state index in [0.29, 0.717) is 0 Å². The number of hydrogen-bond donors (Lipinski definition) is 2. The SMILES string of the molecule is CC(/C=C\N)=C/N. The van der Waals surface area contributed by atoms with Gasteiger partial charge in [-0.25, -0.2) is 0 Å². The average Bonchev–Trinajstić information content (AvgIpc) is 1.68. The van der Waals surface area contributed by atoms with Gasteiger partial charge in [0.2, 0.25) is 0 Å². The maximum atomic E-state index is 5.09. The van der Waals surface area contributed by atoms with Crippen molar-refractivity contribution in [2.24, 2.45) is 11.5 Å². The zero-order valence-electron chi connectivity index (χ0n) is 4.39. The summed E-state index contributed by atoms with van der Waals surface area (Å²) in [5, 5.41) is 0. The zero-order chi connectivity index (χ0) is 5.70. The Kier molecular flexibility index (Phi) is 2.85. The van der Waals surface area contributed by atoms with Crippen LogP contribution in [0, 0.1) is 0 Å². The molecule has 7 heavy (non-hydrogen) atoms. The second kappa shape index (κ2) is 3.28. The van der Waals surface area contributed by atoms with Crippen molar-refractivity contribution in [1.82, 2.24) is 0 Å². The smallest absolute Gasteiger partial charge is 0.00320 e. The van der Waals surface area contributed by atoms with E-state index in [1.165, 1.54) is 12.4 Å². The molecular weight excluding hydrogens is 88.1 g/mol. The fourth-order valence-corrected chi connectivity index (χ4v) is 0.207. The lowest BCUT2D eigenvalue weighted by molar-refractivity contribution is 1.41. The largest absolute Gasteiger partial charge is 0.405 e. The predicted octanol–water partition coefficient (Wildman–Crippen LogP) is 0.321. The molecule has 0 rings (SSSR count). The Morgan fingerprint density at radius 1 is 1.43 bits per heavy atom. The minimum atomic E-state index is 0.975. The van der Waals surface area contributed by atoms with Gasteiger partial charge in [-0.2, -0.15) is 0 Å². The van der Waals surface area contributed by atoms with Crippen molar-refractivity contribution < 1.29 is 0 Å². The third kappa shape index (κ3) is 2.89. The van der Waals surface area contributed by atoms with E-state index in [4.69, 9.17) is 11.5 Å². The van der Waals surface area contributed by atoms with Crippen LogP contribution < -0.4 is 11.5 Å². The van der Waals surface area contributed by atoms with Crippen LogP contribution in [0.25, 0.3) is 0 Å². The number of rotatable bonds is 1. The number of hydrogen-bond acceptors (Lipinski definition) is 2. The zero-order valence-corrected chi connectivity index (χ0v) is 4.39. The van der Waals surface area contributed by atoms with E-state index in [0.717, 1.165) is 5.57 Å². The second-order valence-corrected chi connectivity index (χ2v) is 1.27. The first-order valence-corrected chi connectivity index (χ1v) is 2.08. The first kappa shape index (κ1) is 6.08.